The van der Waals surface area contributed by atoms with Crippen molar-refractivity contribution in [3.8, 4) is 5.75 Å². The molecule has 76 valence electrons. The molecule has 1 rings (SSSR count). The number of carboxylic acids is 1. The Morgan fingerprint density at radius 2 is 2.21 bits per heavy atom. The van der Waals surface area contributed by atoms with Gasteiger partial charge in [-0.1, -0.05) is 0 Å². The van der Waals surface area contributed by atoms with E-state index in [1.807, 2.05) is 13.0 Å². The number of rotatable bonds is 3. The summed E-state index contributed by atoms with van der Waals surface area (Å²) in [5, 5.41) is 8.67. The fourth-order valence-electron chi connectivity index (χ4n) is 1.20. The van der Waals surface area contributed by atoms with Crippen LogP contribution in [-0.4, -0.2) is 18.2 Å². The maximum atomic E-state index is 10.6. The normalized spacial score (nSPS) is 9.93. The first-order valence-corrected chi connectivity index (χ1v) is 4.88. The third-order valence-corrected chi connectivity index (χ3v) is 2.57. The summed E-state index contributed by atoms with van der Waals surface area (Å²) in [5.41, 5.74) is 1.72. The molecule has 0 amide bonds. The molecule has 0 heterocycles. The minimum absolute atomic E-state index is 0.0233. The van der Waals surface area contributed by atoms with Crippen LogP contribution in [-0.2, 0) is 11.2 Å². The standard InChI is InChI=1S/C10H11BrO3/c1-6-3-8(11)9(14-2)4-7(6)5-10(12)13/h3-4H,5H2,1-2H3,(H,12,13). The van der Waals surface area contributed by atoms with E-state index in [1.54, 1.807) is 13.2 Å². The lowest BCUT2D eigenvalue weighted by Crippen LogP contribution is -2.02. The predicted molar refractivity (Wildman–Crippen MR) is 56.8 cm³/mol. The molecule has 0 spiro atoms. The van der Waals surface area contributed by atoms with Crippen LogP contribution in [0.2, 0.25) is 0 Å². The summed E-state index contributed by atoms with van der Waals surface area (Å²) in [6.45, 7) is 1.88. The van der Waals surface area contributed by atoms with E-state index in [1.165, 1.54) is 0 Å². The number of benzene rings is 1. The summed E-state index contributed by atoms with van der Waals surface area (Å²) in [6.07, 6.45) is 0.0233. The van der Waals surface area contributed by atoms with Gasteiger partial charge >= 0.3 is 5.97 Å². The lowest BCUT2D eigenvalue weighted by Gasteiger charge is -2.08. The Morgan fingerprint density at radius 1 is 1.57 bits per heavy atom. The second-order valence-electron chi connectivity index (χ2n) is 2.98. The van der Waals surface area contributed by atoms with Crippen LogP contribution in [0.4, 0.5) is 0 Å². The summed E-state index contributed by atoms with van der Waals surface area (Å²) in [4.78, 5) is 10.6. The van der Waals surface area contributed by atoms with Crippen LogP contribution in [0.1, 0.15) is 11.1 Å². The van der Waals surface area contributed by atoms with Gasteiger partial charge in [0.05, 0.1) is 18.0 Å². The molecule has 1 aromatic rings. The zero-order valence-corrected chi connectivity index (χ0v) is 9.59. The monoisotopic (exact) mass is 258 g/mol. The molecule has 0 aromatic heterocycles. The molecule has 0 aliphatic rings. The highest BCUT2D eigenvalue weighted by molar-refractivity contribution is 9.10. The summed E-state index contributed by atoms with van der Waals surface area (Å²) in [7, 11) is 1.56. The van der Waals surface area contributed by atoms with Crippen LogP contribution in [0.5, 0.6) is 5.75 Å². The fraction of sp³-hybridized carbons (Fsp3) is 0.300. The number of carbonyl (C=O) groups is 1. The van der Waals surface area contributed by atoms with Gasteiger partial charge in [0, 0.05) is 0 Å². The zero-order valence-electron chi connectivity index (χ0n) is 8.00. The molecule has 0 saturated carbocycles. The van der Waals surface area contributed by atoms with Gasteiger partial charge in [-0.05, 0) is 46.1 Å². The largest absolute Gasteiger partial charge is 0.496 e. The molecule has 1 aromatic carbocycles. The Labute approximate surface area is 90.8 Å². The maximum absolute atomic E-state index is 10.6. The van der Waals surface area contributed by atoms with Crippen molar-refractivity contribution in [3.05, 3.63) is 27.7 Å². The Kier molecular flexibility index (Phi) is 3.52. The summed E-state index contributed by atoms with van der Waals surface area (Å²) in [5.74, 6) is -0.177. The number of hydrogen-bond donors (Lipinski definition) is 1. The number of methoxy groups -OCH3 is 1. The van der Waals surface area contributed by atoms with Gasteiger partial charge in [-0.2, -0.15) is 0 Å². The molecule has 0 aliphatic carbocycles. The third-order valence-electron chi connectivity index (χ3n) is 1.95. The molecule has 0 fully saturated rings. The molecule has 4 heteroatoms. The minimum atomic E-state index is -0.836. The molecule has 14 heavy (non-hydrogen) atoms. The molecule has 0 saturated heterocycles. The average Bonchev–Trinajstić information content (AvgIpc) is 2.09. The Hall–Kier alpha value is -1.03. The third kappa shape index (κ3) is 2.48. The number of hydrogen-bond acceptors (Lipinski definition) is 2. The van der Waals surface area contributed by atoms with Crippen LogP contribution in [0.15, 0.2) is 16.6 Å². The van der Waals surface area contributed by atoms with Gasteiger partial charge in [-0.15, -0.1) is 0 Å². The van der Waals surface area contributed by atoms with Crippen LogP contribution in [0, 0.1) is 6.92 Å². The smallest absolute Gasteiger partial charge is 0.307 e. The maximum Gasteiger partial charge on any atom is 0.307 e. The van der Waals surface area contributed by atoms with E-state index in [2.05, 4.69) is 15.9 Å². The number of carboxylic acid groups (broad SMARTS) is 1. The molecular formula is C10H11BrO3. The van der Waals surface area contributed by atoms with E-state index in [-0.39, 0.29) is 6.42 Å². The SMILES string of the molecule is COc1cc(CC(=O)O)c(C)cc1Br. The highest BCUT2D eigenvalue weighted by Crippen LogP contribution is 2.28. The van der Waals surface area contributed by atoms with E-state index < -0.39 is 5.97 Å². The predicted octanol–water partition coefficient (Wildman–Crippen LogP) is 2.39. The highest BCUT2D eigenvalue weighted by Gasteiger charge is 2.08. The Balaban J connectivity index is 3.10. The van der Waals surface area contributed by atoms with Gasteiger partial charge in [0.25, 0.3) is 0 Å². The van der Waals surface area contributed by atoms with Crippen LogP contribution in [0.25, 0.3) is 0 Å². The topological polar surface area (TPSA) is 46.5 Å². The molecule has 0 aliphatic heterocycles. The fourth-order valence-corrected chi connectivity index (χ4v) is 1.82. The quantitative estimate of drug-likeness (QED) is 0.906. The van der Waals surface area contributed by atoms with Gasteiger partial charge in [0.1, 0.15) is 5.75 Å². The summed E-state index contributed by atoms with van der Waals surface area (Å²) in [6, 6.07) is 3.60. The van der Waals surface area contributed by atoms with E-state index in [0.29, 0.717) is 5.75 Å². The first-order valence-electron chi connectivity index (χ1n) is 4.09. The van der Waals surface area contributed by atoms with Gasteiger partial charge < -0.3 is 9.84 Å². The molecule has 0 bridgehead atoms. The van der Waals surface area contributed by atoms with E-state index in [4.69, 9.17) is 9.84 Å². The first kappa shape index (κ1) is 11.0. The molecule has 1 N–H and O–H groups in total. The van der Waals surface area contributed by atoms with Crippen molar-refractivity contribution >= 4 is 21.9 Å². The van der Waals surface area contributed by atoms with Crippen LogP contribution >= 0.6 is 15.9 Å². The number of aliphatic carboxylic acids is 1. The van der Waals surface area contributed by atoms with Crippen LogP contribution in [0.3, 0.4) is 0 Å². The Bertz CT molecular complexity index is 361. The van der Waals surface area contributed by atoms with Crippen molar-refractivity contribution < 1.29 is 14.6 Å². The van der Waals surface area contributed by atoms with E-state index in [9.17, 15) is 4.79 Å². The molecule has 0 radical (unpaired) electrons. The van der Waals surface area contributed by atoms with Crippen molar-refractivity contribution in [1.82, 2.24) is 0 Å². The number of halogens is 1. The number of ether oxygens (including phenoxy) is 1. The van der Waals surface area contributed by atoms with Crippen LogP contribution < -0.4 is 4.74 Å². The molecular weight excluding hydrogens is 248 g/mol. The second-order valence-corrected chi connectivity index (χ2v) is 3.84. The Morgan fingerprint density at radius 3 is 2.71 bits per heavy atom. The van der Waals surface area contributed by atoms with Gasteiger partial charge in [0.2, 0.25) is 0 Å². The summed E-state index contributed by atoms with van der Waals surface area (Å²) < 4.78 is 5.92. The van der Waals surface area contributed by atoms with Crippen molar-refractivity contribution in [2.75, 3.05) is 7.11 Å². The van der Waals surface area contributed by atoms with Crippen molar-refractivity contribution in [2.24, 2.45) is 0 Å². The summed E-state index contributed by atoms with van der Waals surface area (Å²) >= 11 is 3.34. The van der Waals surface area contributed by atoms with Crippen molar-refractivity contribution in [2.45, 2.75) is 13.3 Å². The lowest BCUT2D eigenvalue weighted by molar-refractivity contribution is -0.136. The van der Waals surface area contributed by atoms with Gasteiger partial charge in [-0.3, -0.25) is 4.79 Å². The zero-order chi connectivity index (χ0) is 10.7. The molecule has 0 unspecified atom stereocenters. The number of aryl methyl sites for hydroxylation is 1. The average molecular weight is 259 g/mol. The van der Waals surface area contributed by atoms with E-state index in [0.717, 1.165) is 15.6 Å². The van der Waals surface area contributed by atoms with E-state index >= 15 is 0 Å². The highest BCUT2D eigenvalue weighted by atomic mass is 79.9. The second kappa shape index (κ2) is 4.46. The van der Waals surface area contributed by atoms with Crippen molar-refractivity contribution in [3.63, 3.8) is 0 Å². The molecule has 3 nitrogen and oxygen atoms in total. The molecule has 0 atom stereocenters. The van der Waals surface area contributed by atoms with Gasteiger partial charge in [0.15, 0.2) is 0 Å². The lowest BCUT2D eigenvalue weighted by atomic mass is 10.1. The van der Waals surface area contributed by atoms with Gasteiger partial charge in [-0.25, -0.2) is 0 Å². The van der Waals surface area contributed by atoms with Crippen molar-refractivity contribution in [1.29, 1.82) is 0 Å². The first-order chi connectivity index (χ1) is 6.54. The minimum Gasteiger partial charge on any atom is -0.496 e.